The quantitative estimate of drug-likeness (QED) is 0.849. The summed E-state index contributed by atoms with van der Waals surface area (Å²) in [6.45, 7) is 3.03. The number of halogens is 1. The molecule has 0 unspecified atom stereocenters. The van der Waals surface area contributed by atoms with Crippen LogP contribution in [0.15, 0.2) is 39.2 Å². The van der Waals surface area contributed by atoms with Gasteiger partial charge in [-0.2, -0.15) is 0 Å². The molecule has 5 heteroatoms. The van der Waals surface area contributed by atoms with Crippen LogP contribution in [-0.2, 0) is 17.8 Å². The molecule has 0 aliphatic rings. The van der Waals surface area contributed by atoms with Gasteiger partial charge in [-0.3, -0.25) is 0 Å². The number of aryl methyl sites for hydroxylation is 1. The number of benzene rings is 1. The van der Waals surface area contributed by atoms with Gasteiger partial charge in [-0.15, -0.1) is 0 Å². The van der Waals surface area contributed by atoms with Crippen LogP contribution in [0.4, 0.5) is 0 Å². The molecule has 0 bridgehead atoms. The molecule has 0 saturated heterocycles. The highest BCUT2D eigenvalue weighted by molar-refractivity contribution is 9.10. The maximum absolute atomic E-state index is 11.5. The predicted molar refractivity (Wildman–Crippen MR) is 79.5 cm³/mol. The summed E-state index contributed by atoms with van der Waals surface area (Å²) in [5, 5.41) is 3.28. The number of carbonyl (C=O) groups is 1. The third kappa shape index (κ3) is 3.49. The van der Waals surface area contributed by atoms with E-state index >= 15 is 0 Å². The topological polar surface area (TPSA) is 51.5 Å². The molecule has 0 saturated carbocycles. The van der Waals surface area contributed by atoms with Crippen molar-refractivity contribution in [2.75, 3.05) is 7.11 Å². The van der Waals surface area contributed by atoms with E-state index in [0.29, 0.717) is 24.4 Å². The molecule has 2 rings (SSSR count). The molecule has 1 aromatic heterocycles. The average Bonchev–Trinajstić information content (AvgIpc) is 2.81. The predicted octanol–water partition coefficient (Wildman–Crippen LogP) is 3.43. The Morgan fingerprint density at radius 2 is 2.10 bits per heavy atom. The van der Waals surface area contributed by atoms with Crippen molar-refractivity contribution in [2.24, 2.45) is 0 Å². The smallest absolute Gasteiger partial charge is 0.341 e. The molecule has 0 fully saturated rings. The minimum Gasteiger partial charge on any atom is -0.465 e. The van der Waals surface area contributed by atoms with Gasteiger partial charge in [0.1, 0.15) is 17.1 Å². The lowest BCUT2D eigenvalue weighted by molar-refractivity contribution is 0.0599. The zero-order chi connectivity index (χ0) is 14.5. The lowest BCUT2D eigenvalue weighted by atomic mass is 10.2. The van der Waals surface area contributed by atoms with E-state index in [4.69, 9.17) is 9.15 Å². The lowest BCUT2D eigenvalue weighted by Gasteiger charge is -2.05. The summed E-state index contributed by atoms with van der Waals surface area (Å²) in [6, 6.07) is 9.74. The first-order valence-electron chi connectivity index (χ1n) is 6.23. The lowest BCUT2D eigenvalue weighted by Crippen LogP contribution is -2.12. The fraction of sp³-hybridized carbons (Fsp3) is 0.267. The molecule has 106 valence electrons. The van der Waals surface area contributed by atoms with Gasteiger partial charge in [-0.05, 0) is 24.6 Å². The average molecular weight is 338 g/mol. The highest BCUT2D eigenvalue weighted by atomic mass is 79.9. The molecule has 20 heavy (non-hydrogen) atoms. The molecule has 1 N–H and O–H groups in total. The van der Waals surface area contributed by atoms with E-state index in [0.717, 1.165) is 10.2 Å². The third-order valence-electron chi connectivity index (χ3n) is 2.95. The normalized spacial score (nSPS) is 10.6. The van der Waals surface area contributed by atoms with E-state index in [9.17, 15) is 4.79 Å². The summed E-state index contributed by atoms with van der Waals surface area (Å²) >= 11 is 3.50. The van der Waals surface area contributed by atoms with Gasteiger partial charge in [0.15, 0.2) is 0 Å². The Morgan fingerprint density at radius 3 is 2.80 bits per heavy atom. The van der Waals surface area contributed by atoms with Crippen LogP contribution in [0, 0.1) is 6.92 Å². The van der Waals surface area contributed by atoms with Gasteiger partial charge in [-0.25, -0.2) is 4.79 Å². The molecule has 0 amide bonds. The van der Waals surface area contributed by atoms with Crippen LogP contribution in [0.25, 0.3) is 0 Å². The van der Waals surface area contributed by atoms with Gasteiger partial charge >= 0.3 is 5.97 Å². The molecule has 2 aromatic rings. The van der Waals surface area contributed by atoms with Crippen LogP contribution in [-0.4, -0.2) is 13.1 Å². The van der Waals surface area contributed by atoms with Gasteiger partial charge in [0.05, 0.1) is 13.7 Å². The first-order valence-corrected chi connectivity index (χ1v) is 7.03. The van der Waals surface area contributed by atoms with Crippen molar-refractivity contribution >= 4 is 21.9 Å². The van der Waals surface area contributed by atoms with E-state index in [2.05, 4.69) is 21.2 Å². The van der Waals surface area contributed by atoms with E-state index in [-0.39, 0.29) is 5.97 Å². The molecular formula is C15H16BrNO3. The number of carbonyl (C=O) groups excluding carboxylic acids is 1. The first-order chi connectivity index (χ1) is 9.61. The van der Waals surface area contributed by atoms with Crippen molar-refractivity contribution in [1.29, 1.82) is 0 Å². The Bertz CT molecular complexity index is 607. The Labute approximate surface area is 126 Å². The number of furan rings is 1. The number of methoxy groups -OCH3 is 1. The van der Waals surface area contributed by atoms with Crippen molar-refractivity contribution in [1.82, 2.24) is 5.32 Å². The van der Waals surface area contributed by atoms with Crippen molar-refractivity contribution < 1.29 is 13.9 Å². The molecule has 1 aromatic carbocycles. The Hall–Kier alpha value is -1.59. The number of ether oxygens (including phenoxy) is 1. The highest BCUT2D eigenvalue weighted by Gasteiger charge is 2.14. The summed E-state index contributed by atoms with van der Waals surface area (Å²) in [7, 11) is 1.36. The maximum atomic E-state index is 11.5. The number of nitrogens with one attached hydrogen (secondary N) is 1. The zero-order valence-corrected chi connectivity index (χ0v) is 13.0. The minimum absolute atomic E-state index is 0.372. The maximum Gasteiger partial charge on any atom is 0.341 e. The second-order valence-electron chi connectivity index (χ2n) is 4.37. The highest BCUT2D eigenvalue weighted by Crippen LogP contribution is 2.17. The standard InChI is InChI=1S/C15H16BrNO3/c1-10-13(15(18)19-2)7-12(20-10)9-17-8-11-5-3-4-6-14(11)16/h3-7,17H,8-9H2,1-2H3. The van der Waals surface area contributed by atoms with Crippen LogP contribution in [0.2, 0.25) is 0 Å². The Balaban J connectivity index is 1.95. The molecule has 0 radical (unpaired) electrons. The van der Waals surface area contributed by atoms with Crippen molar-refractivity contribution in [3.8, 4) is 0 Å². The van der Waals surface area contributed by atoms with Crippen LogP contribution in [0.5, 0.6) is 0 Å². The Kier molecular flexibility index (Phi) is 4.98. The zero-order valence-electron chi connectivity index (χ0n) is 11.4. The fourth-order valence-electron chi connectivity index (χ4n) is 1.91. The van der Waals surface area contributed by atoms with E-state index in [1.807, 2.05) is 24.3 Å². The number of esters is 1. The van der Waals surface area contributed by atoms with Gasteiger partial charge in [0.25, 0.3) is 0 Å². The molecule has 0 atom stereocenters. The monoisotopic (exact) mass is 337 g/mol. The van der Waals surface area contributed by atoms with E-state index < -0.39 is 0 Å². The van der Waals surface area contributed by atoms with Crippen molar-refractivity contribution in [3.05, 3.63) is 57.5 Å². The Morgan fingerprint density at radius 1 is 1.35 bits per heavy atom. The molecule has 0 aliphatic heterocycles. The molecule has 4 nitrogen and oxygen atoms in total. The molecular weight excluding hydrogens is 322 g/mol. The van der Waals surface area contributed by atoms with Crippen molar-refractivity contribution in [2.45, 2.75) is 20.0 Å². The van der Waals surface area contributed by atoms with Crippen LogP contribution in [0.3, 0.4) is 0 Å². The van der Waals surface area contributed by atoms with E-state index in [1.165, 1.54) is 12.7 Å². The number of hydrogen-bond donors (Lipinski definition) is 1. The third-order valence-corrected chi connectivity index (χ3v) is 3.72. The van der Waals surface area contributed by atoms with Crippen molar-refractivity contribution in [3.63, 3.8) is 0 Å². The molecule has 1 heterocycles. The van der Waals surface area contributed by atoms with Gasteiger partial charge in [0, 0.05) is 11.0 Å². The summed E-state index contributed by atoms with van der Waals surface area (Å²) < 4.78 is 11.3. The van der Waals surface area contributed by atoms with Crippen LogP contribution >= 0.6 is 15.9 Å². The summed E-state index contributed by atoms with van der Waals surface area (Å²) in [4.78, 5) is 11.5. The van der Waals surface area contributed by atoms with Gasteiger partial charge in [0.2, 0.25) is 0 Å². The second kappa shape index (κ2) is 6.72. The van der Waals surface area contributed by atoms with Gasteiger partial charge in [-0.1, -0.05) is 34.1 Å². The molecule has 0 spiro atoms. The minimum atomic E-state index is -0.372. The largest absolute Gasteiger partial charge is 0.465 e. The van der Waals surface area contributed by atoms with Crippen LogP contribution in [0.1, 0.15) is 27.4 Å². The summed E-state index contributed by atoms with van der Waals surface area (Å²) in [6.07, 6.45) is 0. The summed E-state index contributed by atoms with van der Waals surface area (Å²) in [5.74, 6) is 0.924. The van der Waals surface area contributed by atoms with E-state index in [1.54, 1.807) is 13.0 Å². The second-order valence-corrected chi connectivity index (χ2v) is 5.22. The number of rotatable bonds is 5. The SMILES string of the molecule is COC(=O)c1cc(CNCc2ccccc2Br)oc1C. The molecule has 0 aliphatic carbocycles. The number of hydrogen-bond acceptors (Lipinski definition) is 4. The fourth-order valence-corrected chi connectivity index (χ4v) is 2.33. The van der Waals surface area contributed by atoms with Gasteiger partial charge < -0.3 is 14.5 Å². The van der Waals surface area contributed by atoms with Crippen LogP contribution < -0.4 is 5.32 Å². The summed E-state index contributed by atoms with van der Waals surface area (Å²) in [5.41, 5.74) is 1.65. The first kappa shape index (κ1) is 14.8.